The van der Waals surface area contributed by atoms with E-state index in [9.17, 15) is 14.9 Å². The number of carbonyl (C=O) groups excluding carboxylic acids is 1. The fraction of sp³-hybridized carbons (Fsp3) is 0.0625. The summed E-state index contributed by atoms with van der Waals surface area (Å²) in [6.45, 7) is -0.195. The molecule has 10 nitrogen and oxygen atoms in total. The van der Waals surface area contributed by atoms with Gasteiger partial charge in [-0.15, -0.1) is 10.2 Å². The van der Waals surface area contributed by atoms with Gasteiger partial charge in [-0.25, -0.2) is 5.43 Å². The molecule has 27 heavy (non-hydrogen) atoms. The third-order valence-electron chi connectivity index (χ3n) is 3.35. The summed E-state index contributed by atoms with van der Waals surface area (Å²) in [6.07, 6.45) is 1.22. The lowest BCUT2D eigenvalue weighted by molar-refractivity contribution is -0.384. The second-order valence-electron chi connectivity index (χ2n) is 5.27. The molecule has 0 atom stereocenters. The zero-order valence-corrected chi connectivity index (χ0v) is 14.4. The molecule has 0 spiro atoms. The standard InChI is InChI=1S/C16H12ClN7O3/c17-14-7-6-13(24(26)27)8-12(14)9-18-19-15(25)10-23-21-16(20-22-23)11-4-2-1-3-5-11/h1-9H,10H2,(H,19,25)/b18-9-. The second-order valence-corrected chi connectivity index (χ2v) is 5.67. The van der Waals surface area contributed by atoms with E-state index in [0.717, 1.165) is 10.4 Å². The molecule has 0 saturated carbocycles. The molecular weight excluding hydrogens is 374 g/mol. The molecule has 0 radical (unpaired) electrons. The quantitative estimate of drug-likeness (QED) is 0.393. The Kier molecular flexibility index (Phi) is 5.47. The first-order valence-corrected chi connectivity index (χ1v) is 8.00. The number of non-ortho nitro benzene ring substituents is 1. The van der Waals surface area contributed by atoms with Crippen molar-refractivity contribution in [1.82, 2.24) is 25.6 Å². The second kappa shape index (κ2) is 8.15. The van der Waals surface area contributed by atoms with Crippen LogP contribution in [-0.2, 0) is 11.3 Å². The average molecular weight is 386 g/mol. The van der Waals surface area contributed by atoms with Crippen LogP contribution in [-0.4, -0.2) is 37.3 Å². The van der Waals surface area contributed by atoms with E-state index in [-0.39, 0.29) is 17.3 Å². The molecule has 11 heteroatoms. The number of rotatable bonds is 6. The summed E-state index contributed by atoms with van der Waals surface area (Å²) in [5.41, 5.74) is 3.23. The smallest absolute Gasteiger partial charge is 0.270 e. The van der Waals surface area contributed by atoms with Gasteiger partial charge in [0.1, 0.15) is 6.54 Å². The molecule has 0 bridgehead atoms. The molecule has 3 rings (SSSR count). The number of hydrogen-bond donors (Lipinski definition) is 1. The summed E-state index contributed by atoms with van der Waals surface area (Å²) < 4.78 is 0. The molecule has 1 heterocycles. The van der Waals surface area contributed by atoms with Gasteiger partial charge in [0.05, 0.1) is 11.1 Å². The molecule has 0 aliphatic heterocycles. The molecule has 0 saturated heterocycles. The van der Waals surface area contributed by atoms with Crippen molar-refractivity contribution in [3.05, 3.63) is 69.2 Å². The van der Waals surface area contributed by atoms with Crippen molar-refractivity contribution in [3.8, 4) is 11.4 Å². The number of hydrogen-bond acceptors (Lipinski definition) is 7. The number of amides is 1. The number of benzene rings is 2. The number of tetrazole rings is 1. The molecule has 0 aliphatic carbocycles. The Morgan fingerprint density at radius 3 is 2.81 bits per heavy atom. The molecule has 1 aromatic heterocycles. The number of nitrogens with zero attached hydrogens (tertiary/aromatic N) is 6. The molecule has 3 aromatic rings. The highest BCUT2D eigenvalue weighted by Gasteiger charge is 2.10. The van der Waals surface area contributed by atoms with E-state index >= 15 is 0 Å². The van der Waals surface area contributed by atoms with Gasteiger partial charge in [0.25, 0.3) is 11.6 Å². The SMILES string of the molecule is O=C(Cn1nnc(-c2ccccc2)n1)N/N=C\c1cc([N+](=O)[O-])ccc1Cl. The minimum atomic E-state index is -0.549. The van der Waals surface area contributed by atoms with Gasteiger partial charge in [-0.3, -0.25) is 14.9 Å². The first-order valence-electron chi connectivity index (χ1n) is 7.62. The Bertz CT molecular complexity index is 1000. The Morgan fingerprint density at radius 2 is 2.07 bits per heavy atom. The van der Waals surface area contributed by atoms with Crippen LogP contribution in [0.3, 0.4) is 0 Å². The van der Waals surface area contributed by atoms with Gasteiger partial charge in [0.2, 0.25) is 5.82 Å². The summed E-state index contributed by atoms with van der Waals surface area (Å²) in [6, 6.07) is 13.1. The number of carbonyl (C=O) groups is 1. The minimum Gasteiger partial charge on any atom is -0.271 e. The lowest BCUT2D eigenvalue weighted by Gasteiger charge is -2.00. The molecular formula is C16H12ClN7O3. The van der Waals surface area contributed by atoms with Crippen molar-refractivity contribution >= 4 is 29.4 Å². The third-order valence-corrected chi connectivity index (χ3v) is 3.70. The summed E-state index contributed by atoms with van der Waals surface area (Å²) in [5.74, 6) is -0.0971. The Labute approximate surface area is 157 Å². The largest absolute Gasteiger partial charge is 0.271 e. The van der Waals surface area contributed by atoms with Gasteiger partial charge in [-0.2, -0.15) is 9.90 Å². The normalized spacial score (nSPS) is 10.9. The number of nitrogens with one attached hydrogen (secondary N) is 1. The van der Waals surface area contributed by atoms with E-state index in [1.807, 2.05) is 30.3 Å². The van der Waals surface area contributed by atoms with Gasteiger partial charge >= 0.3 is 0 Å². The predicted molar refractivity (Wildman–Crippen MR) is 97.1 cm³/mol. The first-order chi connectivity index (χ1) is 13.0. The molecule has 136 valence electrons. The highest BCUT2D eigenvalue weighted by atomic mass is 35.5. The summed E-state index contributed by atoms with van der Waals surface area (Å²) in [5, 5.41) is 26.6. The average Bonchev–Trinajstić information content (AvgIpc) is 3.12. The molecule has 0 fully saturated rings. The fourth-order valence-electron chi connectivity index (χ4n) is 2.09. The van der Waals surface area contributed by atoms with Crippen LogP contribution in [0.4, 0.5) is 5.69 Å². The van der Waals surface area contributed by atoms with Crippen molar-refractivity contribution in [3.63, 3.8) is 0 Å². The molecule has 1 N–H and O–H groups in total. The van der Waals surface area contributed by atoms with Crippen LogP contribution in [0.1, 0.15) is 5.56 Å². The zero-order chi connectivity index (χ0) is 19.2. The number of hydrazone groups is 1. The van der Waals surface area contributed by atoms with Crippen molar-refractivity contribution in [1.29, 1.82) is 0 Å². The highest BCUT2D eigenvalue weighted by molar-refractivity contribution is 6.33. The summed E-state index contributed by atoms with van der Waals surface area (Å²) >= 11 is 5.95. The van der Waals surface area contributed by atoms with Crippen LogP contribution in [0, 0.1) is 10.1 Å². The van der Waals surface area contributed by atoms with Gasteiger partial charge in [-0.1, -0.05) is 41.9 Å². The van der Waals surface area contributed by atoms with E-state index in [0.29, 0.717) is 11.4 Å². The lowest BCUT2D eigenvalue weighted by Crippen LogP contribution is -2.24. The Morgan fingerprint density at radius 1 is 1.30 bits per heavy atom. The number of aromatic nitrogens is 4. The monoisotopic (exact) mass is 385 g/mol. The van der Waals surface area contributed by atoms with Crippen LogP contribution in [0.25, 0.3) is 11.4 Å². The van der Waals surface area contributed by atoms with Crippen LogP contribution < -0.4 is 5.43 Å². The lowest BCUT2D eigenvalue weighted by atomic mass is 10.2. The molecule has 2 aromatic carbocycles. The first kappa shape index (κ1) is 18.1. The van der Waals surface area contributed by atoms with Gasteiger partial charge in [-0.05, 0) is 11.3 Å². The van der Waals surface area contributed by atoms with Crippen molar-refractivity contribution < 1.29 is 9.72 Å². The predicted octanol–water partition coefficient (Wildman–Crippen LogP) is 2.05. The van der Waals surface area contributed by atoms with Crippen molar-refractivity contribution in [2.45, 2.75) is 6.54 Å². The maximum atomic E-state index is 11.9. The molecule has 1 amide bonds. The maximum absolute atomic E-state index is 11.9. The van der Waals surface area contributed by atoms with Crippen LogP contribution in [0.15, 0.2) is 53.6 Å². The van der Waals surface area contributed by atoms with Crippen LogP contribution in [0.5, 0.6) is 0 Å². The van der Waals surface area contributed by atoms with Crippen LogP contribution in [0.2, 0.25) is 5.02 Å². The van der Waals surface area contributed by atoms with Crippen molar-refractivity contribution in [2.75, 3.05) is 0 Å². The Hall–Kier alpha value is -3.66. The van der Waals surface area contributed by atoms with E-state index in [2.05, 4.69) is 25.9 Å². The Balaban J connectivity index is 1.60. The summed E-state index contributed by atoms with van der Waals surface area (Å²) in [7, 11) is 0. The van der Waals surface area contributed by atoms with Crippen LogP contribution >= 0.6 is 11.6 Å². The van der Waals surface area contributed by atoms with Gasteiger partial charge < -0.3 is 0 Å². The van der Waals surface area contributed by atoms with Crippen molar-refractivity contribution in [2.24, 2.45) is 5.10 Å². The third kappa shape index (κ3) is 4.70. The van der Waals surface area contributed by atoms with E-state index in [4.69, 9.17) is 11.6 Å². The van der Waals surface area contributed by atoms with E-state index in [1.54, 1.807) is 0 Å². The topological polar surface area (TPSA) is 128 Å². The van der Waals surface area contributed by atoms with Gasteiger partial charge in [0.15, 0.2) is 0 Å². The van der Waals surface area contributed by atoms with E-state index in [1.165, 1.54) is 24.4 Å². The number of nitro benzene ring substituents is 1. The fourth-order valence-corrected chi connectivity index (χ4v) is 2.26. The highest BCUT2D eigenvalue weighted by Crippen LogP contribution is 2.20. The zero-order valence-electron chi connectivity index (χ0n) is 13.7. The molecule has 0 unspecified atom stereocenters. The molecule has 0 aliphatic rings. The number of nitro groups is 1. The minimum absolute atomic E-state index is 0.132. The summed E-state index contributed by atoms with van der Waals surface area (Å²) in [4.78, 5) is 23.3. The van der Waals surface area contributed by atoms with E-state index < -0.39 is 10.8 Å². The number of halogens is 1. The van der Waals surface area contributed by atoms with Gasteiger partial charge in [0, 0.05) is 28.3 Å². The maximum Gasteiger partial charge on any atom is 0.270 e.